The molecule has 0 aliphatic heterocycles. The van der Waals surface area contributed by atoms with E-state index in [0.717, 1.165) is 12.8 Å². The van der Waals surface area contributed by atoms with Gasteiger partial charge in [0, 0.05) is 0 Å². The molecule has 0 amide bonds. The number of unbranched alkanes of at least 4 members (excludes halogenated alkanes) is 11. The Labute approximate surface area is 131 Å². The van der Waals surface area contributed by atoms with Gasteiger partial charge < -0.3 is 15.3 Å². The van der Waals surface area contributed by atoms with Crippen LogP contribution in [0, 0.1) is 0 Å². The Bertz CT molecular complexity index is 200. The summed E-state index contributed by atoms with van der Waals surface area (Å²) in [6.07, 6.45) is 15.5. The highest BCUT2D eigenvalue weighted by Crippen LogP contribution is 2.13. The summed E-state index contributed by atoms with van der Waals surface area (Å²) in [6.45, 7) is 2.34. The summed E-state index contributed by atoms with van der Waals surface area (Å²) in [7, 11) is 0. The van der Waals surface area contributed by atoms with Gasteiger partial charge in [-0.2, -0.15) is 0 Å². The molecule has 0 fully saturated rings. The molecular weight excluding hydrogens is 266 g/mol. The first-order valence-corrected chi connectivity index (χ1v) is 8.92. The number of aliphatic hydroxyl groups excluding tert-OH is 3. The highest BCUT2D eigenvalue weighted by Gasteiger charge is 2.23. The molecule has 0 unspecified atom stereocenters. The fourth-order valence-corrected chi connectivity index (χ4v) is 2.63. The lowest BCUT2D eigenvalue weighted by Gasteiger charge is -2.31. The van der Waals surface area contributed by atoms with Gasteiger partial charge in [0.2, 0.25) is 0 Å². The molecule has 0 aliphatic rings. The molecule has 0 heterocycles. The van der Waals surface area contributed by atoms with Gasteiger partial charge in [-0.25, -0.2) is 0 Å². The van der Waals surface area contributed by atoms with E-state index in [4.69, 9.17) is 0 Å². The van der Waals surface area contributed by atoms with Gasteiger partial charge in [-0.3, -0.25) is 4.48 Å². The van der Waals surface area contributed by atoms with E-state index in [2.05, 4.69) is 6.92 Å². The predicted molar refractivity (Wildman–Crippen MR) is 87.5 cm³/mol. The SMILES string of the molecule is CCCCCCCCCCCCCC[N+](CO)(CO)CO. The van der Waals surface area contributed by atoms with E-state index in [-0.39, 0.29) is 24.7 Å². The largest absolute Gasteiger partial charge is 0.347 e. The van der Waals surface area contributed by atoms with Crippen LogP contribution >= 0.6 is 0 Å². The van der Waals surface area contributed by atoms with Crippen LogP contribution in [-0.4, -0.2) is 46.5 Å². The zero-order valence-electron chi connectivity index (χ0n) is 14.1. The van der Waals surface area contributed by atoms with Gasteiger partial charge in [0.15, 0.2) is 20.2 Å². The van der Waals surface area contributed by atoms with Gasteiger partial charge in [-0.15, -0.1) is 0 Å². The minimum Gasteiger partial charge on any atom is -0.347 e. The van der Waals surface area contributed by atoms with E-state index in [1.54, 1.807) is 0 Å². The lowest BCUT2D eigenvalue weighted by molar-refractivity contribution is -0.976. The molecule has 0 aromatic rings. The van der Waals surface area contributed by atoms with Crippen molar-refractivity contribution in [2.45, 2.75) is 84.0 Å². The highest BCUT2D eigenvalue weighted by atomic mass is 16.3. The van der Waals surface area contributed by atoms with E-state index < -0.39 is 0 Å². The molecular formula is C17H38NO3+. The summed E-state index contributed by atoms with van der Waals surface area (Å²) in [5, 5.41) is 27.6. The summed E-state index contributed by atoms with van der Waals surface area (Å²) in [4.78, 5) is 0. The smallest absolute Gasteiger partial charge is 0.183 e. The Morgan fingerprint density at radius 2 is 0.857 bits per heavy atom. The normalized spacial score (nSPS) is 12.0. The van der Waals surface area contributed by atoms with Crippen LogP contribution in [0.25, 0.3) is 0 Å². The Hall–Kier alpha value is -0.160. The topological polar surface area (TPSA) is 60.7 Å². The van der Waals surface area contributed by atoms with Crippen LogP contribution in [0.5, 0.6) is 0 Å². The van der Waals surface area contributed by atoms with Gasteiger partial charge in [0.25, 0.3) is 0 Å². The first kappa shape index (κ1) is 20.8. The lowest BCUT2D eigenvalue weighted by Crippen LogP contribution is -2.50. The van der Waals surface area contributed by atoms with Crippen LogP contribution < -0.4 is 0 Å². The third-order valence-corrected chi connectivity index (χ3v) is 4.39. The second-order valence-electron chi connectivity index (χ2n) is 6.38. The van der Waals surface area contributed by atoms with Gasteiger partial charge >= 0.3 is 0 Å². The van der Waals surface area contributed by atoms with Crippen molar-refractivity contribution < 1.29 is 19.8 Å². The van der Waals surface area contributed by atoms with Gasteiger partial charge in [-0.05, 0) is 12.8 Å². The first-order chi connectivity index (χ1) is 10.2. The molecule has 0 saturated carbocycles. The highest BCUT2D eigenvalue weighted by molar-refractivity contribution is 4.48. The maximum Gasteiger partial charge on any atom is 0.183 e. The number of rotatable bonds is 16. The van der Waals surface area contributed by atoms with Gasteiger partial charge in [0.1, 0.15) is 0 Å². The molecule has 0 aromatic carbocycles. The lowest BCUT2D eigenvalue weighted by atomic mass is 10.1. The van der Waals surface area contributed by atoms with Crippen LogP contribution in [0.15, 0.2) is 0 Å². The van der Waals surface area contributed by atoms with Crippen LogP contribution in [0.2, 0.25) is 0 Å². The summed E-state index contributed by atoms with van der Waals surface area (Å²) in [5.41, 5.74) is 0. The molecule has 128 valence electrons. The van der Waals surface area contributed by atoms with Crippen molar-refractivity contribution in [1.82, 2.24) is 0 Å². The second-order valence-corrected chi connectivity index (χ2v) is 6.38. The van der Waals surface area contributed by atoms with Crippen molar-refractivity contribution in [3.63, 3.8) is 0 Å². The average molecular weight is 304 g/mol. The second kappa shape index (κ2) is 14.8. The molecule has 0 bridgehead atoms. The van der Waals surface area contributed by atoms with E-state index in [1.807, 2.05) is 0 Å². The molecule has 21 heavy (non-hydrogen) atoms. The Morgan fingerprint density at radius 3 is 1.19 bits per heavy atom. The maximum atomic E-state index is 9.21. The van der Waals surface area contributed by atoms with Gasteiger partial charge in [0.05, 0.1) is 6.54 Å². The zero-order valence-corrected chi connectivity index (χ0v) is 14.1. The average Bonchev–Trinajstić information content (AvgIpc) is 2.53. The van der Waals surface area contributed by atoms with Crippen molar-refractivity contribution in [2.24, 2.45) is 0 Å². The molecule has 0 rings (SSSR count). The molecule has 0 radical (unpaired) electrons. The number of nitrogens with zero attached hydrogens (tertiary/aromatic N) is 1. The van der Waals surface area contributed by atoms with Crippen molar-refractivity contribution >= 4 is 0 Å². The van der Waals surface area contributed by atoms with E-state index in [0.29, 0.717) is 6.54 Å². The van der Waals surface area contributed by atoms with Crippen LogP contribution in [0.3, 0.4) is 0 Å². The van der Waals surface area contributed by atoms with E-state index in [9.17, 15) is 15.3 Å². The summed E-state index contributed by atoms with van der Waals surface area (Å²) in [6, 6.07) is 0. The fourth-order valence-electron chi connectivity index (χ4n) is 2.63. The van der Waals surface area contributed by atoms with Crippen molar-refractivity contribution in [3.8, 4) is 0 Å². The summed E-state index contributed by atoms with van der Waals surface area (Å²) < 4.78 is -0.00222. The maximum absolute atomic E-state index is 9.21. The molecule has 0 atom stereocenters. The standard InChI is InChI=1S/C17H38NO3/c1-2-3-4-5-6-7-8-9-10-11-12-13-14-18(15-19,16-20)17-21/h19-21H,2-17H2,1H3/q+1. The Morgan fingerprint density at radius 1 is 0.524 bits per heavy atom. The van der Waals surface area contributed by atoms with Crippen LogP contribution in [0.1, 0.15) is 84.0 Å². The first-order valence-electron chi connectivity index (χ1n) is 8.92. The van der Waals surface area contributed by atoms with Crippen molar-refractivity contribution in [3.05, 3.63) is 0 Å². The van der Waals surface area contributed by atoms with Crippen molar-refractivity contribution in [1.29, 1.82) is 0 Å². The van der Waals surface area contributed by atoms with E-state index >= 15 is 0 Å². The fraction of sp³-hybridized carbons (Fsp3) is 1.00. The Kier molecular flexibility index (Phi) is 14.7. The van der Waals surface area contributed by atoms with Gasteiger partial charge in [-0.1, -0.05) is 71.1 Å². The summed E-state index contributed by atoms with van der Waals surface area (Å²) >= 11 is 0. The molecule has 0 saturated heterocycles. The molecule has 4 nitrogen and oxygen atoms in total. The Balaban J connectivity index is 3.29. The minimum absolute atomic E-state index is 0.00222. The number of hydrogen-bond donors (Lipinski definition) is 3. The van der Waals surface area contributed by atoms with E-state index in [1.165, 1.54) is 64.2 Å². The van der Waals surface area contributed by atoms with Crippen LogP contribution in [-0.2, 0) is 0 Å². The van der Waals surface area contributed by atoms with Crippen LogP contribution in [0.4, 0.5) is 0 Å². The number of hydrogen-bond acceptors (Lipinski definition) is 3. The third kappa shape index (κ3) is 11.1. The minimum atomic E-state index is -0.189. The third-order valence-electron chi connectivity index (χ3n) is 4.39. The summed E-state index contributed by atoms with van der Waals surface area (Å²) in [5.74, 6) is 0. The molecule has 4 heteroatoms. The number of quaternary nitrogens is 1. The van der Waals surface area contributed by atoms with Crippen molar-refractivity contribution in [2.75, 3.05) is 26.7 Å². The monoisotopic (exact) mass is 304 g/mol. The molecule has 3 N–H and O–H groups in total. The molecule has 0 spiro atoms. The predicted octanol–water partition coefficient (Wildman–Crippen LogP) is 3.35. The zero-order chi connectivity index (χ0) is 15.8. The molecule has 0 aromatic heterocycles. The quantitative estimate of drug-likeness (QED) is 0.233. The molecule has 0 aliphatic carbocycles. The number of aliphatic hydroxyl groups is 3.